The van der Waals surface area contributed by atoms with Crippen molar-refractivity contribution >= 4 is 23.2 Å². The van der Waals surface area contributed by atoms with Crippen LogP contribution in [0.25, 0.3) is 0 Å². The Hall–Kier alpha value is -1.29. The summed E-state index contributed by atoms with van der Waals surface area (Å²) in [5.74, 6) is 0.707. The SMILES string of the molecule is CCCNC(c1cncc(OC)c1)c1c(Cl)cccc1Cl. The first-order valence-electron chi connectivity index (χ1n) is 6.83. The predicted molar refractivity (Wildman–Crippen MR) is 87.4 cm³/mol. The van der Waals surface area contributed by atoms with Crippen LogP contribution in [0.15, 0.2) is 36.7 Å². The minimum atomic E-state index is -0.117. The van der Waals surface area contributed by atoms with Gasteiger partial charge in [0.05, 0.1) is 19.3 Å². The Morgan fingerprint density at radius 1 is 1.24 bits per heavy atom. The van der Waals surface area contributed by atoms with Crippen molar-refractivity contribution in [1.82, 2.24) is 10.3 Å². The number of methoxy groups -OCH3 is 1. The Bertz CT molecular complexity index is 584. The summed E-state index contributed by atoms with van der Waals surface area (Å²) < 4.78 is 5.25. The normalized spacial score (nSPS) is 12.2. The highest BCUT2D eigenvalue weighted by Gasteiger charge is 2.20. The fraction of sp³-hybridized carbons (Fsp3) is 0.312. The largest absolute Gasteiger partial charge is 0.495 e. The Morgan fingerprint density at radius 3 is 2.57 bits per heavy atom. The lowest BCUT2D eigenvalue weighted by molar-refractivity contribution is 0.411. The summed E-state index contributed by atoms with van der Waals surface area (Å²) in [6.45, 7) is 2.96. The van der Waals surface area contributed by atoms with Crippen LogP contribution in [0.4, 0.5) is 0 Å². The van der Waals surface area contributed by atoms with Gasteiger partial charge in [-0.3, -0.25) is 4.98 Å². The van der Waals surface area contributed by atoms with Crippen LogP contribution in [-0.4, -0.2) is 18.6 Å². The second kappa shape index (κ2) is 7.64. The van der Waals surface area contributed by atoms with Crippen LogP contribution in [0.5, 0.6) is 5.75 Å². The first kappa shape index (κ1) is 16.1. The number of ether oxygens (including phenoxy) is 1. The second-order valence-corrected chi connectivity index (χ2v) is 5.49. The Kier molecular flexibility index (Phi) is 5.85. The van der Waals surface area contributed by atoms with E-state index in [0.29, 0.717) is 15.8 Å². The van der Waals surface area contributed by atoms with Gasteiger partial charge in [0.1, 0.15) is 5.75 Å². The second-order valence-electron chi connectivity index (χ2n) is 4.68. The van der Waals surface area contributed by atoms with Crippen LogP contribution in [0, 0.1) is 0 Å². The van der Waals surface area contributed by atoms with Gasteiger partial charge in [-0.25, -0.2) is 0 Å². The van der Waals surface area contributed by atoms with Gasteiger partial charge in [0.25, 0.3) is 0 Å². The van der Waals surface area contributed by atoms with Crippen molar-refractivity contribution in [2.75, 3.05) is 13.7 Å². The van der Waals surface area contributed by atoms with E-state index in [1.54, 1.807) is 19.5 Å². The van der Waals surface area contributed by atoms with Gasteiger partial charge >= 0.3 is 0 Å². The van der Waals surface area contributed by atoms with E-state index in [0.717, 1.165) is 24.1 Å². The molecule has 1 heterocycles. The molecule has 1 N–H and O–H groups in total. The number of nitrogens with zero attached hydrogens (tertiary/aromatic N) is 1. The smallest absolute Gasteiger partial charge is 0.137 e. The molecular formula is C16H18Cl2N2O. The van der Waals surface area contributed by atoms with Gasteiger partial charge in [-0.05, 0) is 36.7 Å². The zero-order valence-electron chi connectivity index (χ0n) is 12.1. The zero-order chi connectivity index (χ0) is 15.2. The van der Waals surface area contributed by atoms with E-state index in [9.17, 15) is 0 Å². The molecule has 1 atom stereocenters. The van der Waals surface area contributed by atoms with Crippen molar-refractivity contribution in [3.8, 4) is 5.75 Å². The maximum absolute atomic E-state index is 6.35. The van der Waals surface area contributed by atoms with Crippen molar-refractivity contribution in [1.29, 1.82) is 0 Å². The molecule has 5 heteroatoms. The van der Waals surface area contributed by atoms with E-state index >= 15 is 0 Å². The molecule has 1 aromatic carbocycles. The van der Waals surface area contributed by atoms with Gasteiger partial charge in [0.15, 0.2) is 0 Å². The average molecular weight is 325 g/mol. The number of nitrogens with one attached hydrogen (secondary N) is 1. The maximum Gasteiger partial charge on any atom is 0.137 e. The fourth-order valence-electron chi connectivity index (χ4n) is 2.17. The summed E-state index contributed by atoms with van der Waals surface area (Å²) in [6.07, 6.45) is 4.49. The summed E-state index contributed by atoms with van der Waals surface area (Å²) in [7, 11) is 1.62. The van der Waals surface area contributed by atoms with Gasteiger partial charge in [0.2, 0.25) is 0 Å². The molecule has 0 amide bonds. The summed E-state index contributed by atoms with van der Waals surface area (Å²) >= 11 is 12.7. The summed E-state index contributed by atoms with van der Waals surface area (Å²) in [5.41, 5.74) is 1.84. The lowest BCUT2D eigenvalue weighted by Gasteiger charge is -2.22. The van der Waals surface area contributed by atoms with Crippen molar-refractivity contribution < 1.29 is 4.74 Å². The fourth-order valence-corrected chi connectivity index (χ4v) is 2.78. The average Bonchev–Trinajstić information content (AvgIpc) is 2.50. The molecule has 112 valence electrons. The lowest BCUT2D eigenvalue weighted by Crippen LogP contribution is -2.24. The van der Waals surface area contributed by atoms with Crippen molar-refractivity contribution in [3.63, 3.8) is 0 Å². The van der Waals surface area contributed by atoms with Crippen LogP contribution in [0.3, 0.4) is 0 Å². The molecule has 0 radical (unpaired) electrons. The van der Waals surface area contributed by atoms with Crippen LogP contribution < -0.4 is 10.1 Å². The molecule has 0 saturated carbocycles. The van der Waals surface area contributed by atoms with Gasteiger partial charge in [-0.1, -0.05) is 36.2 Å². The molecule has 2 rings (SSSR count). The van der Waals surface area contributed by atoms with E-state index < -0.39 is 0 Å². The van der Waals surface area contributed by atoms with E-state index in [2.05, 4.69) is 17.2 Å². The third-order valence-corrected chi connectivity index (χ3v) is 3.85. The molecule has 21 heavy (non-hydrogen) atoms. The molecule has 3 nitrogen and oxygen atoms in total. The first-order valence-corrected chi connectivity index (χ1v) is 7.59. The molecule has 0 fully saturated rings. The number of pyridine rings is 1. The van der Waals surface area contributed by atoms with Crippen molar-refractivity contribution in [2.45, 2.75) is 19.4 Å². The Labute approximate surface area is 135 Å². The topological polar surface area (TPSA) is 34.2 Å². The van der Waals surface area contributed by atoms with Gasteiger partial charge < -0.3 is 10.1 Å². The molecule has 0 aliphatic rings. The van der Waals surface area contributed by atoms with Gasteiger partial charge in [-0.15, -0.1) is 0 Å². The van der Waals surface area contributed by atoms with Crippen LogP contribution in [0.2, 0.25) is 10.0 Å². The highest BCUT2D eigenvalue weighted by atomic mass is 35.5. The van der Waals surface area contributed by atoms with Crippen LogP contribution in [0.1, 0.15) is 30.5 Å². The highest BCUT2D eigenvalue weighted by molar-refractivity contribution is 6.36. The first-order chi connectivity index (χ1) is 10.2. The van der Waals surface area contributed by atoms with E-state index in [-0.39, 0.29) is 6.04 Å². The number of hydrogen-bond donors (Lipinski definition) is 1. The van der Waals surface area contributed by atoms with Crippen LogP contribution in [-0.2, 0) is 0 Å². The monoisotopic (exact) mass is 324 g/mol. The third kappa shape index (κ3) is 3.88. The number of rotatable bonds is 6. The number of hydrogen-bond acceptors (Lipinski definition) is 3. The third-order valence-electron chi connectivity index (χ3n) is 3.19. The van der Waals surface area contributed by atoms with Gasteiger partial charge in [-0.2, -0.15) is 0 Å². The molecule has 0 aliphatic heterocycles. The maximum atomic E-state index is 6.35. The lowest BCUT2D eigenvalue weighted by atomic mass is 9.99. The minimum Gasteiger partial charge on any atom is -0.495 e. The van der Waals surface area contributed by atoms with E-state index in [1.165, 1.54) is 0 Å². The molecule has 2 aromatic rings. The molecule has 0 saturated heterocycles. The van der Waals surface area contributed by atoms with Gasteiger partial charge in [0, 0.05) is 21.8 Å². The van der Waals surface area contributed by atoms with E-state index in [4.69, 9.17) is 27.9 Å². The zero-order valence-corrected chi connectivity index (χ0v) is 13.6. The quantitative estimate of drug-likeness (QED) is 0.850. The summed E-state index contributed by atoms with van der Waals surface area (Å²) in [4.78, 5) is 4.22. The number of aromatic nitrogens is 1. The standard InChI is InChI=1S/C16H18Cl2N2O/c1-3-7-20-16(11-8-12(21-2)10-19-9-11)15-13(17)5-4-6-14(15)18/h4-6,8-10,16,20H,3,7H2,1-2H3. The molecule has 0 spiro atoms. The molecular weight excluding hydrogens is 307 g/mol. The Morgan fingerprint density at radius 2 is 1.95 bits per heavy atom. The summed E-state index contributed by atoms with van der Waals surface area (Å²) in [6, 6.07) is 7.36. The van der Waals surface area contributed by atoms with E-state index in [1.807, 2.05) is 24.3 Å². The molecule has 0 bridgehead atoms. The summed E-state index contributed by atoms with van der Waals surface area (Å²) in [5, 5.41) is 4.75. The van der Waals surface area contributed by atoms with Crippen LogP contribution >= 0.6 is 23.2 Å². The number of benzene rings is 1. The minimum absolute atomic E-state index is 0.117. The molecule has 0 aliphatic carbocycles. The predicted octanol–water partition coefficient (Wildman–Crippen LogP) is 4.49. The molecule has 1 aromatic heterocycles. The van der Waals surface area contributed by atoms with Crippen molar-refractivity contribution in [2.24, 2.45) is 0 Å². The molecule has 1 unspecified atom stereocenters. The highest BCUT2D eigenvalue weighted by Crippen LogP contribution is 2.34. The van der Waals surface area contributed by atoms with Crippen molar-refractivity contribution in [3.05, 3.63) is 57.8 Å². The Balaban J connectivity index is 2.47. The number of halogens is 2.